The highest BCUT2D eigenvalue weighted by molar-refractivity contribution is 7.94. The number of carbonyl (C=O) groups is 1. The van der Waals surface area contributed by atoms with Crippen molar-refractivity contribution in [1.82, 2.24) is 0 Å². The number of anilines is 1. The first kappa shape index (κ1) is 34.3. The third-order valence-electron chi connectivity index (χ3n) is 6.86. The average Bonchev–Trinajstić information content (AvgIpc) is 3.02. The number of aryl methyl sites for hydroxylation is 1. The molecule has 0 heterocycles. The predicted molar refractivity (Wildman–Crippen MR) is 172 cm³/mol. The molecule has 5 aromatic carbocycles. The number of hydrogen-bond donors (Lipinski definition) is 6. The molecule has 20 heteroatoms. The number of phenols is 1. The number of phenolic OH excluding ortho intramolecular Hbond substituents is 1. The Hall–Kier alpha value is -5.06. The van der Waals surface area contributed by atoms with Crippen molar-refractivity contribution < 1.29 is 50.5 Å². The summed E-state index contributed by atoms with van der Waals surface area (Å²) in [6.07, 6.45) is 0. The molecular weight excluding hydrogens is 693 g/mol. The Labute approximate surface area is 275 Å². The summed E-state index contributed by atoms with van der Waals surface area (Å²) >= 11 is 0.354. The number of benzene rings is 5. The molecule has 8 N–H and O–H groups in total. The van der Waals surface area contributed by atoms with Crippen LogP contribution in [0.15, 0.2) is 102 Å². The number of carbonyl (C=O) groups excluding carboxylic acids is 1. The second-order valence-corrected chi connectivity index (χ2v) is 13.5. The third kappa shape index (κ3) is 7.10. The third-order valence-corrected chi connectivity index (χ3v) is 9.24. The van der Waals surface area contributed by atoms with E-state index in [1.54, 1.807) is 19.1 Å². The maximum absolute atomic E-state index is 12.0. The van der Waals surface area contributed by atoms with Crippen molar-refractivity contribution in [3.63, 3.8) is 0 Å². The minimum absolute atomic E-state index is 0.00319. The Morgan fingerprint density at radius 3 is 2.06 bits per heavy atom. The second kappa shape index (κ2) is 13.2. The number of aromatic hydroxyl groups is 1. The van der Waals surface area contributed by atoms with E-state index in [1.165, 1.54) is 30.3 Å². The van der Waals surface area contributed by atoms with Crippen LogP contribution in [-0.2, 0) is 29.6 Å². The Bertz CT molecular complexity index is 2420. The molecule has 0 bridgehead atoms. The number of nitrogens with zero attached hydrogens (tertiary/aromatic N) is 4. The van der Waals surface area contributed by atoms with E-state index in [-0.39, 0.29) is 49.4 Å². The summed E-state index contributed by atoms with van der Waals surface area (Å²) in [6, 6.07) is 14.5. The molecule has 0 aromatic heterocycles. The molecule has 0 atom stereocenters. The molecule has 0 radical (unpaired) electrons. The molecule has 0 unspecified atom stereocenters. The molecular formula is C28H22N6O11S3. The number of primary amides is 1. The fourth-order valence-corrected chi connectivity index (χ4v) is 6.22. The first-order valence-corrected chi connectivity index (χ1v) is 16.7. The van der Waals surface area contributed by atoms with Gasteiger partial charge in [0, 0.05) is 21.7 Å². The lowest BCUT2D eigenvalue weighted by molar-refractivity contribution is -0.432. The van der Waals surface area contributed by atoms with Crippen LogP contribution < -0.4 is 11.5 Å². The molecule has 17 nitrogen and oxygen atoms in total. The van der Waals surface area contributed by atoms with Gasteiger partial charge in [0.25, 0.3) is 20.2 Å². The van der Waals surface area contributed by atoms with Crippen LogP contribution in [-0.4, -0.2) is 42.2 Å². The Balaban J connectivity index is 1.66. The molecule has 0 aliphatic carbocycles. The predicted octanol–water partition coefficient (Wildman–Crippen LogP) is 6.44. The zero-order valence-electron chi connectivity index (χ0n) is 24.2. The van der Waals surface area contributed by atoms with Gasteiger partial charge in [-0.1, -0.05) is 11.1 Å². The molecule has 1 amide bonds. The molecule has 248 valence electrons. The lowest BCUT2D eigenvalue weighted by Crippen LogP contribution is -2.10. The number of hydrogen-bond acceptors (Lipinski definition) is 15. The second-order valence-electron chi connectivity index (χ2n) is 9.94. The molecule has 0 aliphatic rings. The smallest absolute Gasteiger partial charge is 0.296 e. The van der Waals surface area contributed by atoms with Gasteiger partial charge in [-0.2, -0.15) is 21.9 Å². The van der Waals surface area contributed by atoms with E-state index in [9.17, 15) is 35.8 Å². The van der Waals surface area contributed by atoms with E-state index < -0.39 is 41.7 Å². The van der Waals surface area contributed by atoms with Crippen LogP contribution in [0.3, 0.4) is 0 Å². The molecule has 5 rings (SSSR count). The Morgan fingerprint density at radius 2 is 1.44 bits per heavy atom. The van der Waals surface area contributed by atoms with Crippen LogP contribution in [0, 0.1) is 6.92 Å². The van der Waals surface area contributed by atoms with Gasteiger partial charge in [-0.3, -0.25) is 13.9 Å². The largest absolute Gasteiger partial charge is 0.505 e. The molecule has 48 heavy (non-hydrogen) atoms. The number of nitrogen functional groups attached to an aromatic ring is 1. The van der Waals surface area contributed by atoms with E-state index in [2.05, 4.69) is 29.8 Å². The highest BCUT2D eigenvalue weighted by atomic mass is 32.2. The Kier molecular flexibility index (Phi) is 9.44. The summed E-state index contributed by atoms with van der Waals surface area (Å²) in [5.74, 6) is -1.18. The highest BCUT2D eigenvalue weighted by Crippen LogP contribution is 2.46. The van der Waals surface area contributed by atoms with Crippen molar-refractivity contribution in [1.29, 1.82) is 0 Å². The standard InChI is InChI=1S/C28H22N6O11S3/c1-13-8-14(28(30)36)2-5-21(13)31-32-22-6-7-23(19-11-16(47(38,39)40)3-4-17(19)22)33-34-26-24(46-45-44-37)9-15-10-25(48(41,42)43)20(29)12-18(15)27(26)35/h2-12,35,37H,29H2,1H3,(H2,30,36)(H,38,39,40)(H,41,42,43). The SMILES string of the molecule is Cc1cc(C(N)=O)ccc1N=Nc1ccc(N=Nc2c(SOOO)cc3cc(S(=O)(=O)O)c(N)cc3c2O)c2cc(S(=O)(=O)O)ccc12. The van der Waals surface area contributed by atoms with Crippen molar-refractivity contribution in [2.24, 2.45) is 26.2 Å². The fraction of sp³-hybridized carbons (Fsp3) is 0.0357. The van der Waals surface area contributed by atoms with Gasteiger partial charge in [0.15, 0.2) is 5.75 Å². The maximum Gasteiger partial charge on any atom is 0.296 e. The summed E-state index contributed by atoms with van der Waals surface area (Å²) in [4.78, 5) is 10.3. The monoisotopic (exact) mass is 714 g/mol. The minimum atomic E-state index is -4.73. The van der Waals surface area contributed by atoms with Gasteiger partial charge in [-0.25, -0.2) is 5.26 Å². The number of nitrogens with two attached hydrogens (primary N) is 2. The van der Waals surface area contributed by atoms with Crippen molar-refractivity contribution in [2.75, 3.05) is 5.73 Å². The van der Waals surface area contributed by atoms with Crippen molar-refractivity contribution in [3.05, 3.63) is 77.9 Å². The molecule has 0 fully saturated rings. The summed E-state index contributed by atoms with van der Waals surface area (Å²) in [6.45, 7) is 1.70. The summed E-state index contributed by atoms with van der Waals surface area (Å²) in [5, 5.41) is 40.8. The molecule has 5 aromatic rings. The van der Waals surface area contributed by atoms with Crippen LogP contribution in [0.5, 0.6) is 5.75 Å². The minimum Gasteiger partial charge on any atom is -0.505 e. The summed E-state index contributed by atoms with van der Waals surface area (Å²) < 4.78 is 71.2. The van der Waals surface area contributed by atoms with Gasteiger partial charge in [0.1, 0.15) is 10.6 Å². The van der Waals surface area contributed by atoms with Crippen molar-refractivity contribution >= 4 is 88.2 Å². The molecule has 0 saturated heterocycles. The number of amides is 1. The number of fused-ring (bicyclic) bond motifs is 2. The van der Waals surface area contributed by atoms with Crippen LogP contribution in [0.1, 0.15) is 15.9 Å². The van der Waals surface area contributed by atoms with Gasteiger partial charge >= 0.3 is 0 Å². The van der Waals surface area contributed by atoms with E-state index >= 15 is 0 Å². The van der Waals surface area contributed by atoms with Crippen molar-refractivity contribution in [2.45, 2.75) is 21.6 Å². The topological polar surface area (TPSA) is 286 Å². The summed E-state index contributed by atoms with van der Waals surface area (Å²) in [5.41, 5.74) is 12.1. The van der Waals surface area contributed by atoms with E-state index in [4.69, 9.17) is 16.7 Å². The van der Waals surface area contributed by atoms with Crippen LogP contribution in [0.4, 0.5) is 28.4 Å². The van der Waals surface area contributed by atoms with E-state index in [0.29, 0.717) is 28.7 Å². The van der Waals surface area contributed by atoms with Gasteiger partial charge in [-0.05, 0) is 78.5 Å². The van der Waals surface area contributed by atoms with E-state index in [0.717, 1.165) is 24.3 Å². The van der Waals surface area contributed by atoms with Gasteiger partial charge < -0.3 is 16.6 Å². The van der Waals surface area contributed by atoms with Gasteiger partial charge in [-0.15, -0.1) is 19.7 Å². The van der Waals surface area contributed by atoms with Crippen LogP contribution in [0.2, 0.25) is 0 Å². The van der Waals surface area contributed by atoms with Crippen LogP contribution in [0.25, 0.3) is 21.5 Å². The number of rotatable bonds is 10. The van der Waals surface area contributed by atoms with Gasteiger partial charge in [0.2, 0.25) is 5.91 Å². The molecule has 0 spiro atoms. The first-order valence-electron chi connectivity index (χ1n) is 13.1. The zero-order valence-corrected chi connectivity index (χ0v) is 26.6. The number of azo groups is 2. The lowest BCUT2D eigenvalue weighted by atomic mass is 10.1. The van der Waals surface area contributed by atoms with Gasteiger partial charge in [0.05, 0.1) is 44.6 Å². The molecule has 0 saturated carbocycles. The highest BCUT2D eigenvalue weighted by Gasteiger charge is 2.21. The zero-order chi connectivity index (χ0) is 35.0. The normalized spacial score (nSPS) is 12.5. The quantitative estimate of drug-likeness (QED) is 0.0227. The van der Waals surface area contributed by atoms with Crippen LogP contribution >= 0.6 is 12.0 Å². The Morgan fingerprint density at radius 1 is 0.792 bits per heavy atom. The summed E-state index contributed by atoms with van der Waals surface area (Å²) in [7, 11) is -9.40. The first-order chi connectivity index (χ1) is 22.6. The molecule has 0 aliphatic heterocycles. The maximum atomic E-state index is 12.0. The van der Waals surface area contributed by atoms with Crippen molar-refractivity contribution in [3.8, 4) is 5.75 Å². The lowest BCUT2D eigenvalue weighted by Gasteiger charge is -2.12. The average molecular weight is 715 g/mol. The van der Waals surface area contributed by atoms with E-state index in [1.807, 2.05) is 0 Å². The fourth-order valence-electron chi connectivity index (χ4n) is 4.59.